The molecule has 170 valence electrons. The zero-order valence-corrected chi connectivity index (χ0v) is 19.9. The summed E-state index contributed by atoms with van der Waals surface area (Å²) in [4.78, 5) is 0. The number of hydrogen-bond acceptors (Lipinski definition) is 2. The molecule has 0 saturated heterocycles. The zero-order valence-electron chi connectivity index (χ0n) is 19.9. The van der Waals surface area contributed by atoms with Crippen LogP contribution in [0.25, 0.3) is 16.7 Å². The smallest absolute Gasteiger partial charge is 0.0754 e. The third-order valence-corrected chi connectivity index (χ3v) is 7.42. The summed E-state index contributed by atoms with van der Waals surface area (Å²) in [7, 11) is 0. The Morgan fingerprint density at radius 1 is 0.829 bits per heavy atom. The van der Waals surface area contributed by atoms with E-state index in [1.54, 1.807) is 6.08 Å². The van der Waals surface area contributed by atoms with Crippen LogP contribution < -0.4 is 11.1 Å². The molecule has 0 atom stereocenters. The highest BCUT2D eigenvalue weighted by Crippen LogP contribution is 2.61. The first-order chi connectivity index (χ1) is 17.2. The van der Waals surface area contributed by atoms with Gasteiger partial charge < -0.3 is 11.1 Å². The minimum Gasteiger partial charge on any atom is -0.354 e. The van der Waals surface area contributed by atoms with E-state index in [0.717, 1.165) is 16.9 Å². The summed E-state index contributed by atoms with van der Waals surface area (Å²) in [6.45, 7) is 6.47. The third-order valence-electron chi connectivity index (χ3n) is 7.42. The number of hydrogen-bond donors (Lipinski definition) is 2. The van der Waals surface area contributed by atoms with Crippen molar-refractivity contribution in [3.63, 3.8) is 0 Å². The molecule has 1 aliphatic heterocycles. The molecule has 0 saturated carbocycles. The number of para-hydroxylation sites is 1. The molecule has 0 aromatic heterocycles. The van der Waals surface area contributed by atoms with Gasteiger partial charge in [-0.25, -0.2) is 0 Å². The molecule has 1 heterocycles. The number of fused-ring (bicyclic) bond motifs is 9. The first-order valence-corrected chi connectivity index (χ1v) is 12.1. The van der Waals surface area contributed by atoms with Crippen molar-refractivity contribution in [1.82, 2.24) is 0 Å². The van der Waals surface area contributed by atoms with Crippen LogP contribution in [0.5, 0.6) is 0 Å². The minimum atomic E-state index is -0.415. The van der Waals surface area contributed by atoms with Gasteiger partial charge in [0, 0.05) is 17.8 Å². The number of rotatable bonds is 4. The molecular formula is C33H28N2. The van der Waals surface area contributed by atoms with E-state index in [-0.39, 0.29) is 0 Å². The van der Waals surface area contributed by atoms with Crippen LogP contribution in [0.3, 0.4) is 0 Å². The topological polar surface area (TPSA) is 38.0 Å². The molecule has 0 bridgehead atoms. The Hall–Kier alpha value is -4.14. The lowest BCUT2D eigenvalue weighted by Gasteiger charge is -2.41. The van der Waals surface area contributed by atoms with Gasteiger partial charge in [-0.05, 0) is 57.5 Å². The van der Waals surface area contributed by atoms with Gasteiger partial charge in [-0.3, -0.25) is 0 Å². The molecule has 35 heavy (non-hydrogen) atoms. The van der Waals surface area contributed by atoms with Gasteiger partial charge in [-0.1, -0.05) is 110 Å². The molecule has 0 fully saturated rings. The molecule has 1 spiro atoms. The summed E-state index contributed by atoms with van der Waals surface area (Å²) in [6.07, 6.45) is 7.95. The average Bonchev–Trinajstić information content (AvgIpc) is 3.20. The Labute approximate surface area is 207 Å². The molecule has 3 N–H and O–H groups in total. The van der Waals surface area contributed by atoms with Crippen LogP contribution in [0.4, 0.5) is 11.4 Å². The number of allylic oxidation sites excluding steroid dienone is 5. The summed E-state index contributed by atoms with van der Waals surface area (Å²) in [6, 6.07) is 31.0. The fourth-order valence-corrected chi connectivity index (χ4v) is 5.93. The van der Waals surface area contributed by atoms with E-state index in [4.69, 9.17) is 5.73 Å². The second kappa shape index (κ2) is 8.26. The first kappa shape index (κ1) is 21.4. The van der Waals surface area contributed by atoms with Gasteiger partial charge >= 0.3 is 0 Å². The molecular weight excluding hydrogens is 424 g/mol. The van der Waals surface area contributed by atoms with Gasteiger partial charge in [0.2, 0.25) is 0 Å². The maximum atomic E-state index is 6.13. The van der Waals surface area contributed by atoms with E-state index >= 15 is 0 Å². The van der Waals surface area contributed by atoms with Crippen LogP contribution in [0.15, 0.2) is 116 Å². The van der Waals surface area contributed by atoms with Crippen molar-refractivity contribution in [2.75, 3.05) is 5.32 Å². The molecule has 2 heteroatoms. The highest BCUT2D eigenvalue weighted by molar-refractivity contribution is 5.95. The van der Waals surface area contributed by atoms with Gasteiger partial charge in [0.15, 0.2) is 0 Å². The second-order valence-electron chi connectivity index (χ2n) is 9.25. The Kier molecular flexibility index (Phi) is 5.05. The number of benzene rings is 4. The van der Waals surface area contributed by atoms with E-state index in [2.05, 4.69) is 110 Å². The monoisotopic (exact) mass is 452 g/mol. The van der Waals surface area contributed by atoms with E-state index in [0.29, 0.717) is 6.54 Å². The highest BCUT2D eigenvalue weighted by atomic mass is 14.9. The van der Waals surface area contributed by atoms with E-state index < -0.39 is 5.41 Å². The van der Waals surface area contributed by atoms with Gasteiger partial charge in [0.1, 0.15) is 0 Å². The van der Waals surface area contributed by atoms with Crippen molar-refractivity contribution in [2.24, 2.45) is 5.73 Å². The normalized spacial score (nSPS) is 14.7. The molecule has 6 rings (SSSR count). The van der Waals surface area contributed by atoms with Crippen molar-refractivity contribution in [2.45, 2.75) is 18.9 Å². The van der Waals surface area contributed by atoms with E-state index in [9.17, 15) is 0 Å². The minimum absolute atomic E-state index is 0.415. The van der Waals surface area contributed by atoms with Crippen molar-refractivity contribution < 1.29 is 0 Å². The molecule has 2 nitrogen and oxygen atoms in total. The van der Waals surface area contributed by atoms with Crippen LogP contribution in [-0.2, 0) is 12.0 Å². The van der Waals surface area contributed by atoms with Crippen molar-refractivity contribution in [1.29, 1.82) is 0 Å². The van der Waals surface area contributed by atoms with Crippen LogP contribution in [-0.4, -0.2) is 0 Å². The molecule has 0 amide bonds. The average molecular weight is 453 g/mol. The Balaban J connectivity index is 1.75. The highest BCUT2D eigenvalue weighted by Gasteiger charge is 2.50. The third kappa shape index (κ3) is 3.00. The van der Waals surface area contributed by atoms with Gasteiger partial charge in [0.25, 0.3) is 0 Å². The summed E-state index contributed by atoms with van der Waals surface area (Å²) in [5, 5.41) is 3.82. The van der Waals surface area contributed by atoms with Crippen molar-refractivity contribution >= 4 is 16.9 Å². The molecule has 1 aliphatic carbocycles. The maximum Gasteiger partial charge on any atom is 0.0754 e. The lowest BCUT2D eigenvalue weighted by molar-refractivity contribution is 0.760. The SMILES string of the molecule is C=C/C=C\C=C(/C)c1cccc2c1Nc1ccc(CN)cc1C21c2ccccc2-c2ccccc21. The molecule has 0 unspecified atom stereocenters. The fourth-order valence-electron chi connectivity index (χ4n) is 5.93. The van der Waals surface area contributed by atoms with Crippen LogP contribution in [0.1, 0.15) is 40.3 Å². The number of nitrogens with two attached hydrogens (primary N) is 1. The maximum absolute atomic E-state index is 6.13. The zero-order chi connectivity index (χ0) is 24.0. The summed E-state index contributed by atoms with van der Waals surface area (Å²) in [5.41, 5.74) is 19.3. The van der Waals surface area contributed by atoms with Crippen molar-refractivity contribution in [3.8, 4) is 11.1 Å². The lowest BCUT2D eigenvalue weighted by atomic mass is 9.64. The first-order valence-electron chi connectivity index (χ1n) is 12.1. The number of nitrogens with one attached hydrogen (secondary N) is 1. The Bertz CT molecular complexity index is 1490. The second-order valence-corrected chi connectivity index (χ2v) is 9.25. The predicted octanol–water partition coefficient (Wildman–Crippen LogP) is 7.71. The molecule has 2 aliphatic rings. The quantitative estimate of drug-likeness (QED) is 0.269. The standard InChI is InChI=1S/C33H28N2/c1-3-4-5-11-22(2)24-14-10-17-29-32(24)35-31-19-18-23(21-34)20-30(31)33(29)27-15-8-6-12-25(27)26-13-7-9-16-28(26)33/h3-20,35H,1,21,34H2,2H3/b5-4-,22-11+. The Morgan fingerprint density at radius 3 is 2.20 bits per heavy atom. The van der Waals surface area contributed by atoms with E-state index in [1.165, 1.54) is 44.5 Å². The lowest BCUT2D eigenvalue weighted by Crippen LogP contribution is -2.34. The van der Waals surface area contributed by atoms with Gasteiger partial charge in [0.05, 0.1) is 11.1 Å². The Morgan fingerprint density at radius 2 is 1.51 bits per heavy atom. The van der Waals surface area contributed by atoms with Gasteiger partial charge in [-0.15, -0.1) is 0 Å². The summed E-state index contributed by atoms with van der Waals surface area (Å²) in [5.74, 6) is 0. The van der Waals surface area contributed by atoms with E-state index in [1.807, 2.05) is 12.2 Å². The molecule has 4 aromatic rings. The summed E-state index contributed by atoms with van der Waals surface area (Å²) >= 11 is 0. The largest absolute Gasteiger partial charge is 0.354 e. The fraction of sp³-hybridized carbons (Fsp3) is 0.0909. The molecule has 0 radical (unpaired) electrons. The summed E-state index contributed by atoms with van der Waals surface area (Å²) < 4.78 is 0. The molecule has 4 aromatic carbocycles. The van der Waals surface area contributed by atoms with Gasteiger partial charge in [-0.2, -0.15) is 0 Å². The van der Waals surface area contributed by atoms with Crippen LogP contribution in [0, 0.1) is 0 Å². The number of anilines is 2. The van der Waals surface area contributed by atoms with Crippen LogP contribution >= 0.6 is 0 Å². The van der Waals surface area contributed by atoms with Crippen LogP contribution in [0.2, 0.25) is 0 Å². The predicted molar refractivity (Wildman–Crippen MR) is 148 cm³/mol. The van der Waals surface area contributed by atoms with Crippen molar-refractivity contribution in [3.05, 3.63) is 149 Å².